The number of hydrogen-bond acceptors (Lipinski definition) is 7. The van der Waals surface area contributed by atoms with E-state index in [1.54, 1.807) is 14.2 Å². The average Bonchev–Trinajstić information content (AvgIpc) is 3.23. The zero-order valence-electron chi connectivity index (χ0n) is 16.1. The van der Waals surface area contributed by atoms with Crippen molar-refractivity contribution in [3.05, 3.63) is 53.9 Å². The second kappa shape index (κ2) is 8.31. The van der Waals surface area contributed by atoms with Gasteiger partial charge in [0.1, 0.15) is 0 Å². The third-order valence-corrected chi connectivity index (χ3v) is 4.77. The topological polar surface area (TPSA) is 69.9 Å². The normalized spacial score (nSPS) is 14.1. The number of hydrogen-bond donors (Lipinski definition) is 0. The number of benzene rings is 2. The van der Waals surface area contributed by atoms with Gasteiger partial charge in [0.05, 0.1) is 33.9 Å². The fourth-order valence-electron chi connectivity index (χ4n) is 3.25. The molecule has 7 nitrogen and oxygen atoms in total. The maximum absolute atomic E-state index is 5.44. The number of anilines is 1. The lowest BCUT2D eigenvalue weighted by molar-refractivity contribution is 0.122. The minimum atomic E-state index is 0.527. The van der Waals surface area contributed by atoms with Gasteiger partial charge in [-0.15, -0.1) is 0 Å². The van der Waals surface area contributed by atoms with Gasteiger partial charge < -0.3 is 23.6 Å². The molecule has 1 aliphatic heterocycles. The van der Waals surface area contributed by atoms with Crippen LogP contribution in [0, 0.1) is 0 Å². The number of rotatable bonds is 6. The van der Waals surface area contributed by atoms with E-state index < -0.39 is 0 Å². The van der Waals surface area contributed by atoms with Crippen LogP contribution in [0.15, 0.2) is 47.0 Å². The highest BCUT2D eigenvalue weighted by molar-refractivity contribution is 5.60. The number of nitrogens with zero attached hydrogens (tertiary/aromatic N) is 3. The van der Waals surface area contributed by atoms with Gasteiger partial charge in [-0.3, -0.25) is 0 Å². The Labute approximate surface area is 163 Å². The van der Waals surface area contributed by atoms with E-state index in [1.807, 2.05) is 30.3 Å². The molecule has 0 atom stereocenters. The van der Waals surface area contributed by atoms with E-state index in [9.17, 15) is 0 Å². The van der Waals surface area contributed by atoms with Gasteiger partial charge in [0.15, 0.2) is 11.5 Å². The first-order valence-electron chi connectivity index (χ1n) is 9.23. The van der Waals surface area contributed by atoms with E-state index in [0.29, 0.717) is 29.6 Å². The Morgan fingerprint density at radius 1 is 0.964 bits per heavy atom. The van der Waals surface area contributed by atoms with Crippen molar-refractivity contribution in [2.75, 3.05) is 45.4 Å². The molecule has 146 valence electrons. The summed E-state index contributed by atoms with van der Waals surface area (Å²) in [5, 5.41) is 4.13. The van der Waals surface area contributed by atoms with E-state index in [4.69, 9.17) is 18.7 Å². The maximum atomic E-state index is 5.44. The van der Waals surface area contributed by atoms with Crippen molar-refractivity contribution in [1.29, 1.82) is 0 Å². The quantitative estimate of drug-likeness (QED) is 0.649. The van der Waals surface area contributed by atoms with Crippen molar-refractivity contribution >= 4 is 5.69 Å². The minimum absolute atomic E-state index is 0.527. The summed E-state index contributed by atoms with van der Waals surface area (Å²) in [5.41, 5.74) is 3.12. The van der Waals surface area contributed by atoms with Gasteiger partial charge in [-0.25, -0.2) is 0 Å². The van der Waals surface area contributed by atoms with Crippen molar-refractivity contribution in [2.24, 2.45) is 0 Å². The molecule has 0 spiro atoms. The molecule has 2 heterocycles. The van der Waals surface area contributed by atoms with Crippen molar-refractivity contribution < 1.29 is 18.7 Å². The fourth-order valence-corrected chi connectivity index (χ4v) is 3.25. The fraction of sp³-hybridized carbons (Fsp3) is 0.333. The van der Waals surface area contributed by atoms with E-state index in [-0.39, 0.29) is 0 Å². The molecule has 0 unspecified atom stereocenters. The lowest BCUT2D eigenvalue weighted by Gasteiger charge is -2.28. The molecule has 1 saturated heterocycles. The second-order valence-corrected chi connectivity index (χ2v) is 6.52. The van der Waals surface area contributed by atoms with E-state index >= 15 is 0 Å². The summed E-state index contributed by atoms with van der Waals surface area (Å²) in [5.74, 6) is 2.51. The first kappa shape index (κ1) is 18.3. The molecule has 2 aromatic carbocycles. The van der Waals surface area contributed by atoms with Gasteiger partial charge in [-0.1, -0.05) is 11.2 Å². The predicted octanol–water partition coefficient (Wildman–Crippen LogP) is 3.18. The van der Waals surface area contributed by atoms with Crippen molar-refractivity contribution in [3.8, 4) is 22.9 Å². The van der Waals surface area contributed by atoms with Crippen LogP contribution in [0.3, 0.4) is 0 Å². The summed E-state index contributed by atoms with van der Waals surface area (Å²) in [7, 11) is 3.24. The minimum Gasteiger partial charge on any atom is -0.493 e. The smallest absolute Gasteiger partial charge is 0.231 e. The Kier molecular flexibility index (Phi) is 5.43. The summed E-state index contributed by atoms with van der Waals surface area (Å²) in [6.07, 6.45) is 0.527. The van der Waals surface area contributed by atoms with Gasteiger partial charge in [-0.2, -0.15) is 4.98 Å². The molecule has 3 aromatic rings. The van der Waals surface area contributed by atoms with Crippen LogP contribution in [-0.2, 0) is 11.2 Å². The van der Waals surface area contributed by atoms with Crippen molar-refractivity contribution in [3.63, 3.8) is 0 Å². The second-order valence-electron chi connectivity index (χ2n) is 6.52. The molecule has 0 amide bonds. The Bertz CT molecular complexity index is 918. The summed E-state index contributed by atoms with van der Waals surface area (Å²) in [6.45, 7) is 3.37. The summed E-state index contributed by atoms with van der Waals surface area (Å²) >= 11 is 0. The molecular weight excluding hydrogens is 358 g/mol. The summed E-state index contributed by atoms with van der Waals surface area (Å²) in [4.78, 5) is 6.84. The molecule has 0 bridgehead atoms. The predicted molar refractivity (Wildman–Crippen MR) is 105 cm³/mol. The van der Waals surface area contributed by atoms with Crippen LogP contribution in [0.1, 0.15) is 11.5 Å². The van der Waals surface area contributed by atoms with Gasteiger partial charge in [0.25, 0.3) is 0 Å². The monoisotopic (exact) mass is 381 g/mol. The lowest BCUT2D eigenvalue weighted by Crippen LogP contribution is -2.36. The number of morpholine rings is 1. The van der Waals surface area contributed by atoms with Crippen LogP contribution in [0.2, 0.25) is 0 Å². The van der Waals surface area contributed by atoms with Crippen molar-refractivity contribution in [1.82, 2.24) is 10.1 Å². The van der Waals surface area contributed by atoms with Gasteiger partial charge in [-0.05, 0) is 42.0 Å². The van der Waals surface area contributed by atoms with Gasteiger partial charge >= 0.3 is 0 Å². The Morgan fingerprint density at radius 2 is 1.71 bits per heavy atom. The van der Waals surface area contributed by atoms with Crippen LogP contribution >= 0.6 is 0 Å². The molecule has 7 heteroatoms. The Hall–Kier alpha value is -3.06. The van der Waals surface area contributed by atoms with Crippen LogP contribution in [0.5, 0.6) is 11.5 Å². The molecular formula is C21H23N3O4. The number of ether oxygens (including phenoxy) is 3. The standard InChI is InChI=1S/C21H23N3O4/c1-25-18-8-3-15(13-19(18)26-2)14-20-22-21(23-28-20)16-4-6-17(7-5-16)24-9-11-27-12-10-24/h3-8,13H,9-12,14H2,1-2H3. The molecule has 4 rings (SSSR count). The molecule has 1 fully saturated rings. The highest BCUT2D eigenvalue weighted by Crippen LogP contribution is 2.29. The molecule has 0 aliphatic carbocycles. The third kappa shape index (κ3) is 3.94. The number of aromatic nitrogens is 2. The first-order valence-corrected chi connectivity index (χ1v) is 9.23. The zero-order valence-corrected chi connectivity index (χ0v) is 16.1. The molecule has 1 aliphatic rings. The Balaban J connectivity index is 1.47. The molecule has 28 heavy (non-hydrogen) atoms. The highest BCUT2D eigenvalue weighted by atomic mass is 16.5. The number of methoxy groups -OCH3 is 2. The Morgan fingerprint density at radius 3 is 2.43 bits per heavy atom. The van der Waals surface area contributed by atoms with Crippen LogP contribution in [0.4, 0.5) is 5.69 Å². The molecule has 0 saturated carbocycles. The largest absolute Gasteiger partial charge is 0.493 e. The van der Waals surface area contributed by atoms with Crippen LogP contribution in [0.25, 0.3) is 11.4 Å². The molecule has 0 N–H and O–H groups in total. The lowest BCUT2D eigenvalue weighted by atomic mass is 10.1. The zero-order chi connectivity index (χ0) is 19.3. The highest BCUT2D eigenvalue weighted by Gasteiger charge is 2.14. The SMILES string of the molecule is COc1ccc(Cc2nc(-c3ccc(N4CCOCC4)cc3)no2)cc1OC. The molecule has 1 aromatic heterocycles. The third-order valence-electron chi connectivity index (χ3n) is 4.77. The van der Waals surface area contributed by atoms with Crippen LogP contribution < -0.4 is 14.4 Å². The van der Waals surface area contributed by atoms with Gasteiger partial charge in [0, 0.05) is 24.3 Å². The average molecular weight is 381 g/mol. The van der Waals surface area contributed by atoms with Crippen molar-refractivity contribution in [2.45, 2.75) is 6.42 Å². The molecule has 0 radical (unpaired) electrons. The summed E-state index contributed by atoms with van der Waals surface area (Å²) < 4.78 is 21.5. The van der Waals surface area contributed by atoms with E-state index in [0.717, 1.165) is 37.4 Å². The van der Waals surface area contributed by atoms with Crippen LogP contribution in [-0.4, -0.2) is 50.7 Å². The van der Waals surface area contributed by atoms with E-state index in [1.165, 1.54) is 5.69 Å². The first-order chi connectivity index (χ1) is 13.8. The summed E-state index contributed by atoms with van der Waals surface area (Å²) in [6, 6.07) is 14.0. The maximum Gasteiger partial charge on any atom is 0.231 e. The van der Waals surface area contributed by atoms with E-state index in [2.05, 4.69) is 27.2 Å². The van der Waals surface area contributed by atoms with Gasteiger partial charge in [0.2, 0.25) is 11.7 Å².